The van der Waals surface area contributed by atoms with Crippen LogP contribution in [0.5, 0.6) is 0 Å². The first-order chi connectivity index (χ1) is 12.7. The van der Waals surface area contributed by atoms with Crippen molar-refractivity contribution in [3.63, 3.8) is 0 Å². The zero-order valence-electron chi connectivity index (χ0n) is 14.3. The van der Waals surface area contributed by atoms with Gasteiger partial charge >= 0.3 is 5.97 Å². The molecule has 5 heteroatoms. The van der Waals surface area contributed by atoms with Crippen LogP contribution in [0.3, 0.4) is 0 Å². The first-order valence-electron chi connectivity index (χ1n) is 8.64. The molecule has 2 aromatic carbocycles. The van der Waals surface area contributed by atoms with Crippen molar-refractivity contribution in [1.82, 2.24) is 15.0 Å². The number of fused-ring (bicyclic) bond motifs is 1. The van der Waals surface area contributed by atoms with Crippen LogP contribution in [0.4, 0.5) is 0 Å². The molecule has 3 aromatic rings. The largest absolute Gasteiger partial charge is 0.452 e. The summed E-state index contributed by atoms with van der Waals surface area (Å²) in [6, 6.07) is 19.1. The average molecular weight is 345 g/mol. The second-order valence-corrected chi connectivity index (χ2v) is 6.37. The summed E-state index contributed by atoms with van der Waals surface area (Å²) in [4.78, 5) is 12.4. The number of rotatable bonds is 4. The smallest absolute Gasteiger partial charge is 0.338 e. The fraction of sp³-hybridized carbons (Fsp3) is 0.190. The summed E-state index contributed by atoms with van der Waals surface area (Å²) in [5.41, 5.74) is 4.23. The normalized spacial score (nSPS) is 16.2. The maximum absolute atomic E-state index is 12.4. The molecular formula is C21H19N3O2. The predicted molar refractivity (Wildman–Crippen MR) is 98.4 cm³/mol. The monoisotopic (exact) mass is 345 g/mol. The molecule has 26 heavy (non-hydrogen) atoms. The molecule has 1 unspecified atom stereocenters. The number of esters is 1. The van der Waals surface area contributed by atoms with Gasteiger partial charge in [-0.3, -0.25) is 0 Å². The van der Waals surface area contributed by atoms with Gasteiger partial charge < -0.3 is 4.74 Å². The number of ether oxygens (including phenoxy) is 1. The molecule has 1 aliphatic rings. The number of hydrogen-bond donors (Lipinski definition) is 0. The molecule has 0 spiro atoms. The van der Waals surface area contributed by atoms with Gasteiger partial charge in [-0.15, -0.1) is 5.10 Å². The van der Waals surface area contributed by atoms with E-state index in [1.807, 2.05) is 53.2 Å². The number of carbonyl (C=O) groups excluding carboxylic acids is 1. The minimum absolute atomic E-state index is 0.341. The first kappa shape index (κ1) is 16.3. The van der Waals surface area contributed by atoms with Crippen LogP contribution >= 0.6 is 0 Å². The SMILES string of the molecule is C=C1CCC(OC(=O)c2ccccc2)c2nnn(Cc3ccccc3)c21. The van der Waals surface area contributed by atoms with Crippen LogP contribution in [-0.2, 0) is 11.3 Å². The second-order valence-electron chi connectivity index (χ2n) is 6.37. The van der Waals surface area contributed by atoms with E-state index in [0.29, 0.717) is 24.2 Å². The summed E-state index contributed by atoms with van der Waals surface area (Å²) in [6.07, 6.45) is 1.03. The van der Waals surface area contributed by atoms with Crippen LogP contribution in [0.15, 0.2) is 67.2 Å². The molecule has 5 nitrogen and oxygen atoms in total. The lowest BCUT2D eigenvalue weighted by molar-refractivity contribution is 0.0262. The van der Waals surface area contributed by atoms with Gasteiger partial charge in [0.05, 0.1) is 17.8 Å². The Morgan fingerprint density at radius 2 is 1.81 bits per heavy atom. The van der Waals surface area contributed by atoms with E-state index in [0.717, 1.165) is 23.3 Å². The Labute approximate surface area is 151 Å². The van der Waals surface area contributed by atoms with Crippen LogP contribution in [0.25, 0.3) is 5.57 Å². The van der Waals surface area contributed by atoms with Gasteiger partial charge in [0.15, 0.2) is 0 Å². The van der Waals surface area contributed by atoms with Gasteiger partial charge in [-0.25, -0.2) is 9.48 Å². The molecule has 0 fully saturated rings. The highest BCUT2D eigenvalue weighted by Crippen LogP contribution is 2.37. The molecule has 0 aliphatic heterocycles. The number of aromatic nitrogens is 3. The van der Waals surface area contributed by atoms with Crippen molar-refractivity contribution in [2.45, 2.75) is 25.5 Å². The highest BCUT2D eigenvalue weighted by Gasteiger charge is 2.31. The van der Waals surface area contributed by atoms with Crippen molar-refractivity contribution in [1.29, 1.82) is 0 Å². The maximum atomic E-state index is 12.4. The van der Waals surface area contributed by atoms with E-state index in [1.54, 1.807) is 12.1 Å². The van der Waals surface area contributed by atoms with E-state index in [2.05, 4.69) is 16.9 Å². The fourth-order valence-corrected chi connectivity index (χ4v) is 3.22. The average Bonchev–Trinajstić information content (AvgIpc) is 3.10. The molecule has 0 radical (unpaired) electrons. The quantitative estimate of drug-likeness (QED) is 0.670. The van der Waals surface area contributed by atoms with E-state index in [4.69, 9.17) is 4.74 Å². The van der Waals surface area contributed by atoms with E-state index >= 15 is 0 Å². The molecule has 4 rings (SSSR count). The summed E-state index contributed by atoms with van der Waals surface area (Å²) < 4.78 is 7.56. The molecular weight excluding hydrogens is 326 g/mol. The third-order valence-corrected chi connectivity index (χ3v) is 4.54. The predicted octanol–water partition coefficient (Wildman–Crippen LogP) is 4.03. The van der Waals surface area contributed by atoms with Crippen LogP contribution < -0.4 is 0 Å². The summed E-state index contributed by atoms with van der Waals surface area (Å²) in [5.74, 6) is -0.341. The zero-order valence-corrected chi connectivity index (χ0v) is 14.3. The van der Waals surface area contributed by atoms with Crippen LogP contribution in [0.2, 0.25) is 0 Å². The van der Waals surface area contributed by atoms with Gasteiger partial charge in [0.2, 0.25) is 0 Å². The molecule has 0 saturated heterocycles. The van der Waals surface area contributed by atoms with Gasteiger partial charge in [0.25, 0.3) is 0 Å². The lowest BCUT2D eigenvalue weighted by Gasteiger charge is -2.23. The summed E-state index contributed by atoms with van der Waals surface area (Å²) in [7, 11) is 0. The second kappa shape index (κ2) is 6.96. The minimum Gasteiger partial charge on any atom is -0.452 e. The molecule has 0 bridgehead atoms. The van der Waals surface area contributed by atoms with Crippen molar-refractivity contribution >= 4 is 11.5 Å². The lowest BCUT2D eigenvalue weighted by Crippen LogP contribution is -2.18. The van der Waals surface area contributed by atoms with Crippen molar-refractivity contribution in [3.8, 4) is 0 Å². The topological polar surface area (TPSA) is 57.0 Å². The molecule has 130 valence electrons. The van der Waals surface area contributed by atoms with Crippen molar-refractivity contribution in [3.05, 3.63) is 89.8 Å². The van der Waals surface area contributed by atoms with Gasteiger partial charge in [0.1, 0.15) is 11.8 Å². The highest BCUT2D eigenvalue weighted by atomic mass is 16.5. The summed E-state index contributed by atoms with van der Waals surface area (Å²) in [6.45, 7) is 4.77. The van der Waals surface area contributed by atoms with Crippen LogP contribution in [0.1, 0.15) is 46.3 Å². The van der Waals surface area contributed by atoms with Crippen molar-refractivity contribution in [2.24, 2.45) is 0 Å². The number of allylic oxidation sites excluding steroid dienone is 1. The molecule has 0 N–H and O–H groups in total. The third-order valence-electron chi connectivity index (χ3n) is 4.54. The summed E-state index contributed by atoms with van der Waals surface area (Å²) in [5, 5.41) is 8.59. The Morgan fingerprint density at radius 1 is 1.12 bits per heavy atom. The van der Waals surface area contributed by atoms with Crippen LogP contribution in [-0.4, -0.2) is 21.0 Å². The van der Waals surface area contributed by atoms with Gasteiger partial charge in [-0.1, -0.05) is 60.3 Å². The van der Waals surface area contributed by atoms with Gasteiger partial charge in [-0.2, -0.15) is 0 Å². The fourth-order valence-electron chi connectivity index (χ4n) is 3.22. The van der Waals surface area contributed by atoms with Crippen molar-refractivity contribution < 1.29 is 9.53 Å². The van der Waals surface area contributed by atoms with Crippen molar-refractivity contribution in [2.75, 3.05) is 0 Å². The zero-order chi connectivity index (χ0) is 17.9. The third kappa shape index (κ3) is 3.16. The summed E-state index contributed by atoms with van der Waals surface area (Å²) >= 11 is 0. The van der Waals surface area contributed by atoms with E-state index in [1.165, 1.54) is 0 Å². The minimum atomic E-state index is -0.396. The Kier molecular flexibility index (Phi) is 4.35. The van der Waals surface area contributed by atoms with E-state index < -0.39 is 6.10 Å². The Hall–Kier alpha value is -3.21. The van der Waals surface area contributed by atoms with Gasteiger partial charge in [0, 0.05) is 0 Å². The standard InChI is InChI=1S/C21H19N3O2/c1-15-12-13-18(26-21(25)17-10-6-3-7-11-17)19-20(15)24(23-22-19)14-16-8-4-2-5-9-16/h2-11,18H,1,12-14H2. The number of nitrogens with zero attached hydrogens (tertiary/aromatic N) is 3. The Bertz CT molecular complexity index is 932. The number of hydrogen-bond acceptors (Lipinski definition) is 4. The molecule has 1 atom stereocenters. The highest BCUT2D eigenvalue weighted by molar-refractivity contribution is 5.89. The molecule has 1 aromatic heterocycles. The van der Waals surface area contributed by atoms with Crippen LogP contribution in [0, 0.1) is 0 Å². The molecule has 1 heterocycles. The molecule has 1 aliphatic carbocycles. The molecule has 0 saturated carbocycles. The Balaban J connectivity index is 1.59. The Morgan fingerprint density at radius 3 is 2.54 bits per heavy atom. The maximum Gasteiger partial charge on any atom is 0.338 e. The lowest BCUT2D eigenvalue weighted by atomic mass is 9.94. The van der Waals surface area contributed by atoms with Gasteiger partial charge in [-0.05, 0) is 36.1 Å². The number of benzene rings is 2. The molecule has 0 amide bonds. The first-order valence-corrected chi connectivity index (χ1v) is 8.64. The number of carbonyl (C=O) groups is 1. The van der Waals surface area contributed by atoms with E-state index in [9.17, 15) is 4.79 Å². The van der Waals surface area contributed by atoms with E-state index in [-0.39, 0.29) is 5.97 Å².